The van der Waals surface area contributed by atoms with Crippen LogP contribution in [0.3, 0.4) is 0 Å². The van der Waals surface area contributed by atoms with Gasteiger partial charge in [0, 0.05) is 50.3 Å². The standard InChI is InChI=1S/C25H43N5O5S/c31-25(28-22-11-14-26-15-12-22)27-13-7-2-1-6-10-24(35-21-18-30-16-19-34-20-17-30)36(32,33)29-23-8-4-3-5-9-23/h11-12,14-15,23-24,29H,1-10,13,16-21H2,(H2,26,27,28,31). The molecule has 1 aliphatic carbocycles. The van der Waals surface area contributed by atoms with Gasteiger partial charge < -0.3 is 20.1 Å². The second kappa shape index (κ2) is 16.1. The molecule has 1 aromatic rings. The molecule has 1 saturated heterocycles. The van der Waals surface area contributed by atoms with Crippen LogP contribution in [-0.4, -0.2) is 81.8 Å². The maximum atomic E-state index is 13.1. The number of pyridine rings is 1. The molecule has 2 fully saturated rings. The van der Waals surface area contributed by atoms with Crippen LogP contribution in [0.2, 0.25) is 0 Å². The summed E-state index contributed by atoms with van der Waals surface area (Å²) in [6.07, 6.45) is 12.2. The van der Waals surface area contributed by atoms with Gasteiger partial charge in [0.15, 0.2) is 5.44 Å². The number of sulfonamides is 1. The summed E-state index contributed by atoms with van der Waals surface area (Å²) in [7, 11) is -3.55. The summed E-state index contributed by atoms with van der Waals surface area (Å²) >= 11 is 0. The number of anilines is 1. The van der Waals surface area contributed by atoms with Crippen molar-refractivity contribution in [3.8, 4) is 0 Å². The second-order valence-electron chi connectivity index (χ2n) is 9.57. The normalized spacial score (nSPS) is 18.6. The number of morpholine rings is 1. The van der Waals surface area contributed by atoms with E-state index in [9.17, 15) is 13.2 Å². The minimum absolute atomic E-state index is 0.0264. The van der Waals surface area contributed by atoms with Crippen LogP contribution in [0.1, 0.15) is 64.2 Å². The van der Waals surface area contributed by atoms with E-state index in [1.54, 1.807) is 24.5 Å². The van der Waals surface area contributed by atoms with E-state index in [-0.39, 0.29) is 12.1 Å². The first-order valence-electron chi connectivity index (χ1n) is 13.4. The molecule has 1 unspecified atom stereocenters. The van der Waals surface area contributed by atoms with Crippen LogP contribution in [-0.2, 0) is 19.5 Å². The number of carbonyl (C=O) groups is 1. The molecule has 3 rings (SSSR count). The Morgan fingerprint density at radius 2 is 1.81 bits per heavy atom. The highest BCUT2D eigenvalue weighted by Gasteiger charge is 2.29. The van der Waals surface area contributed by atoms with Crippen LogP contribution >= 0.6 is 0 Å². The molecule has 2 heterocycles. The minimum atomic E-state index is -3.55. The van der Waals surface area contributed by atoms with Gasteiger partial charge in [-0.1, -0.05) is 32.1 Å². The van der Waals surface area contributed by atoms with E-state index in [0.29, 0.717) is 45.0 Å². The van der Waals surface area contributed by atoms with Crippen molar-refractivity contribution >= 4 is 21.7 Å². The van der Waals surface area contributed by atoms with Gasteiger partial charge in [0.2, 0.25) is 10.0 Å². The van der Waals surface area contributed by atoms with E-state index >= 15 is 0 Å². The Bertz CT molecular complexity index is 846. The van der Waals surface area contributed by atoms with Crippen LogP contribution in [0.4, 0.5) is 10.5 Å². The van der Waals surface area contributed by atoms with Crippen molar-refractivity contribution in [3.63, 3.8) is 0 Å². The number of aromatic nitrogens is 1. The van der Waals surface area contributed by atoms with E-state index in [2.05, 4.69) is 25.2 Å². The van der Waals surface area contributed by atoms with Crippen molar-refractivity contribution in [2.45, 2.75) is 75.7 Å². The molecule has 204 valence electrons. The number of rotatable bonds is 15. The fourth-order valence-electron chi connectivity index (χ4n) is 4.60. The number of carbonyl (C=O) groups excluding carboxylic acids is 1. The second-order valence-corrected chi connectivity index (χ2v) is 11.4. The summed E-state index contributed by atoms with van der Waals surface area (Å²) in [5.41, 5.74) is -0.130. The first-order chi connectivity index (χ1) is 17.5. The Labute approximate surface area is 215 Å². The average molecular weight is 526 g/mol. The van der Waals surface area contributed by atoms with Gasteiger partial charge >= 0.3 is 6.03 Å². The fraction of sp³-hybridized carbons (Fsp3) is 0.760. The third kappa shape index (κ3) is 11.1. The van der Waals surface area contributed by atoms with Crippen molar-refractivity contribution in [2.75, 3.05) is 51.3 Å². The Kier molecular flexibility index (Phi) is 12.9. The van der Waals surface area contributed by atoms with Crippen LogP contribution in [0.25, 0.3) is 0 Å². The molecular formula is C25H43N5O5S. The average Bonchev–Trinajstić information content (AvgIpc) is 2.88. The topological polar surface area (TPSA) is 122 Å². The van der Waals surface area contributed by atoms with Crippen molar-refractivity contribution in [3.05, 3.63) is 24.5 Å². The van der Waals surface area contributed by atoms with Crippen LogP contribution in [0.5, 0.6) is 0 Å². The van der Waals surface area contributed by atoms with Gasteiger partial charge in [-0.2, -0.15) is 0 Å². The molecule has 36 heavy (non-hydrogen) atoms. The Morgan fingerprint density at radius 1 is 1.08 bits per heavy atom. The first-order valence-corrected chi connectivity index (χ1v) is 15.0. The molecule has 0 aromatic carbocycles. The van der Waals surface area contributed by atoms with Gasteiger partial charge in [-0.25, -0.2) is 17.9 Å². The van der Waals surface area contributed by atoms with Gasteiger partial charge in [-0.05, 0) is 44.2 Å². The molecule has 2 amide bonds. The highest BCUT2D eigenvalue weighted by atomic mass is 32.2. The molecule has 0 bridgehead atoms. The van der Waals surface area contributed by atoms with Gasteiger partial charge in [-0.15, -0.1) is 0 Å². The van der Waals surface area contributed by atoms with Gasteiger partial charge in [0.25, 0.3) is 0 Å². The first kappa shape index (κ1) is 28.8. The summed E-state index contributed by atoms with van der Waals surface area (Å²) in [5, 5.41) is 5.61. The molecule has 1 aromatic heterocycles. The molecule has 2 aliphatic rings. The summed E-state index contributed by atoms with van der Waals surface area (Å²) < 4.78 is 40.6. The van der Waals surface area contributed by atoms with Crippen molar-refractivity contribution in [1.29, 1.82) is 0 Å². The summed E-state index contributed by atoms with van der Waals surface area (Å²) in [4.78, 5) is 18.1. The summed E-state index contributed by atoms with van der Waals surface area (Å²) in [6.45, 7) is 4.82. The van der Waals surface area contributed by atoms with Crippen LogP contribution in [0.15, 0.2) is 24.5 Å². The van der Waals surface area contributed by atoms with Crippen LogP contribution in [0, 0.1) is 0 Å². The van der Waals surface area contributed by atoms with E-state index < -0.39 is 15.5 Å². The van der Waals surface area contributed by atoms with E-state index in [0.717, 1.165) is 64.5 Å². The van der Waals surface area contributed by atoms with E-state index in [1.165, 1.54) is 6.42 Å². The number of nitrogens with one attached hydrogen (secondary N) is 3. The zero-order valence-corrected chi connectivity index (χ0v) is 22.1. The van der Waals surface area contributed by atoms with Crippen molar-refractivity contribution < 1.29 is 22.7 Å². The number of ether oxygens (including phenoxy) is 2. The lowest BCUT2D eigenvalue weighted by Gasteiger charge is -2.28. The SMILES string of the molecule is O=C(NCCCCCCC(OCCN1CCOCC1)S(=O)(=O)NC1CCCCC1)Nc1ccncc1. The van der Waals surface area contributed by atoms with Gasteiger partial charge in [-0.3, -0.25) is 9.88 Å². The number of hydrogen-bond acceptors (Lipinski definition) is 7. The summed E-state index contributed by atoms with van der Waals surface area (Å²) in [6, 6.07) is 3.25. The molecule has 0 spiro atoms. The van der Waals surface area contributed by atoms with E-state index in [1.807, 2.05) is 0 Å². The summed E-state index contributed by atoms with van der Waals surface area (Å²) in [5.74, 6) is 0. The van der Waals surface area contributed by atoms with Gasteiger partial charge in [0.1, 0.15) is 0 Å². The number of unbranched alkanes of at least 4 members (excludes halogenated alkanes) is 3. The minimum Gasteiger partial charge on any atom is -0.379 e. The fourth-order valence-corrected chi connectivity index (χ4v) is 6.20. The predicted molar refractivity (Wildman–Crippen MR) is 140 cm³/mol. The molecular weight excluding hydrogens is 482 g/mol. The Balaban J connectivity index is 1.36. The third-order valence-electron chi connectivity index (χ3n) is 6.69. The zero-order valence-electron chi connectivity index (χ0n) is 21.3. The lowest BCUT2D eigenvalue weighted by atomic mass is 9.96. The molecule has 0 radical (unpaired) electrons. The Morgan fingerprint density at radius 3 is 2.56 bits per heavy atom. The molecule has 10 nitrogen and oxygen atoms in total. The highest BCUT2D eigenvalue weighted by molar-refractivity contribution is 7.90. The maximum absolute atomic E-state index is 13.1. The largest absolute Gasteiger partial charge is 0.379 e. The predicted octanol–water partition coefficient (Wildman–Crippen LogP) is 3.08. The van der Waals surface area contributed by atoms with Crippen molar-refractivity contribution in [1.82, 2.24) is 19.9 Å². The molecule has 1 saturated carbocycles. The molecule has 1 atom stereocenters. The van der Waals surface area contributed by atoms with Crippen LogP contribution < -0.4 is 15.4 Å². The molecule has 1 aliphatic heterocycles. The quantitative estimate of drug-likeness (QED) is 0.301. The van der Waals surface area contributed by atoms with Gasteiger partial charge in [0.05, 0.1) is 19.8 Å². The highest BCUT2D eigenvalue weighted by Crippen LogP contribution is 2.21. The zero-order chi connectivity index (χ0) is 25.5. The number of nitrogens with zero attached hydrogens (tertiary/aromatic N) is 2. The Hall–Kier alpha value is -1.79. The number of urea groups is 1. The van der Waals surface area contributed by atoms with E-state index in [4.69, 9.17) is 9.47 Å². The third-order valence-corrected chi connectivity index (χ3v) is 8.41. The lowest BCUT2D eigenvalue weighted by Crippen LogP contribution is -2.44. The maximum Gasteiger partial charge on any atom is 0.319 e. The lowest BCUT2D eigenvalue weighted by molar-refractivity contribution is 0.0144. The molecule has 3 N–H and O–H groups in total. The number of hydrogen-bond donors (Lipinski definition) is 3. The number of amides is 2. The molecule has 11 heteroatoms. The monoisotopic (exact) mass is 525 g/mol. The van der Waals surface area contributed by atoms with Crippen molar-refractivity contribution in [2.24, 2.45) is 0 Å². The smallest absolute Gasteiger partial charge is 0.319 e.